The van der Waals surface area contributed by atoms with E-state index in [1.807, 2.05) is 30.3 Å². The smallest absolute Gasteiger partial charge is 0.225 e. The number of aliphatic hydroxyl groups excluding tert-OH is 1. The highest BCUT2D eigenvalue weighted by atomic mass is 35.5. The van der Waals surface area contributed by atoms with E-state index in [1.165, 1.54) is 12.8 Å². The fourth-order valence-corrected chi connectivity index (χ4v) is 2.72. The van der Waals surface area contributed by atoms with Gasteiger partial charge >= 0.3 is 0 Å². The van der Waals surface area contributed by atoms with Crippen LogP contribution in [0.1, 0.15) is 43.9 Å². The lowest BCUT2D eigenvalue weighted by atomic mass is 10.1. The fraction of sp³-hybridized carbons (Fsp3) is 0.474. The highest BCUT2D eigenvalue weighted by molar-refractivity contribution is 6.30. The molecule has 0 unspecified atom stereocenters. The molecule has 1 atom stereocenters. The predicted molar refractivity (Wildman–Crippen MR) is 102 cm³/mol. The van der Waals surface area contributed by atoms with Gasteiger partial charge in [-0.2, -0.15) is 4.98 Å². The maximum absolute atomic E-state index is 9.55. The van der Waals surface area contributed by atoms with Gasteiger partial charge in [-0.1, -0.05) is 37.6 Å². The molecule has 0 aliphatic heterocycles. The molecule has 1 aliphatic rings. The van der Waals surface area contributed by atoms with Crippen LogP contribution >= 0.6 is 11.6 Å². The van der Waals surface area contributed by atoms with E-state index in [1.54, 1.807) is 0 Å². The first kappa shape index (κ1) is 18.0. The van der Waals surface area contributed by atoms with Crippen LogP contribution in [0.25, 0.3) is 0 Å². The molecule has 0 amide bonds. The molecule has 1 heterocycles. The number of rotatable bonds is 8. The van der Waals surface area contributed by atoms with Gasteiger partial charge in [0.2, 0.25) is 5.95 Å². The van der Waals surface area contributed by atoms with Gasteiger partial charge in [0.05, 0.1) is 18.3 Å². The zero-order valence-corrected chi connectivity index (χ0v) is 15.4. The lowest BCUT2D eigenvalue weighted by molar-refractivity contribution is 0.248. The number of aromatic nitrogens is 2. The largest absolute Gasteiger partial charge is 0.394 e. The maximum atomic E-state index is 9.55. The molecule has 0 spiro atoms. The van der Waals surface area contributed by atoms with Crippen molar-refractivity contribution in [1.82, 2.24) is 9.97 Å². The average Bonchev–Trinajstić information content (AvgIpc) is 3.44. The summed E-state index contributed by atoms with van der Waals surface area (Å²) < 4.78 is 0. The molecule has 1 saturated carbocycles. The van der Waals surface area contributed by atoms with Crippen LogP contribution in [0.2, 0.25) is 5.02 Å². The number of aliphatic hydroxyl groups is 1. The molecule has 6 heteroatoms. The van der Waals surface area contributed by atoms with Crippen molar-refractivity contribution >= 4 is 23.4 Å². The summed E-state index contributed by atoms with van der Waals surface area (Å²) in [5.74, 6) is 2.21. The molecule has 2 aromatic rings. The van der Waals surface area contributed by atoms with Crippen LogP contribution in [-0.4, -0.2) is 27.7 Å². The van der Waals surface area contributed by atoms with Gasteiger partial charge in [-0.05, 0) is 36.5 Å². The van der Waals surface area contributed by atoms with Crippen molar-refractivity contribution in [2.75, 3.05) is 17.2 Å². The summed E-state index contributed by atoms with van der Waals surface area (Å²) in [6.45, 7) is 4.87. The molecule has 25 heavy (non-hydrogen) atoms. The SMILES string of the molecule is CC(C)[C@@H](CO)Nc1nc(NCc2ccc(Cl)cc2)cc(C2CC2)n1. The minimum Gasteiger partial charge on any atom is -0.394 e. The van der Waals surface area contributed by atoms with E-state index < -0.39 is 0 Å². The number of nitrogens with one attached hydrogen (secondary N) is 2. The van der Waals surface area contributed by atoms with Crippen LogP contribution in [0.15, 0.2) is 30.3 Å². The van der Waals surface area contributed by atoms with Gasteiger partial charge in [-0.25, -0.2) is 4.98 Å². The Hall–Kier alpha value is -1.85. The third kappa shape index (κ3) is 5.06. The van der Waals surface area contributed by atoms with Crippen molar-refractivity contribution in [3.8, 4) is 0 Å². The van der Waals surface area contributed by atoms with Crippen LogP contribution in [-0.2, 0) is 6.54 Å². The van der Waals surface area contributed by atoms with Crippen molar-refractivity contribution in [3.63, 3.8) is 0 Å². The van der Waals surface area contributed by atoms with E-state index in [9.17, 15) is 5.11 Å². The molecular weight excluding hydrogens is 336 g/mol. The van der Waals surface area contributed by atoms with Gasteiger partial charge in [-0.3, -0.25) is 0 Å². The predicted octanol–water partition coefficient (Wildman–Crippen LogP) is 4.05. The highest BCUT2D eigenvalue weighted by Crippen LogP contribution is 2.40. The van der Waals surface area contributed by atoms with Crippen molar-refractivity contribution in [2.45, 2.75) is 45.2 Å². The normalized spacial score (nSPS) is 15.2. The summed E-state index contributed by atoms with van der Waals surface area (Å²) in [6, 6.07) is 9.74. The lowest BCUT2D eigenvalue weighted by Crippen LogP contribution is -2.30. The molecule has 0 bridgehead atoms. The molecule has 1 aromatic heterocycles. The van der Waals surface area contributed by atoms with Crippen LogP contribution < -0.4 is 10.6 Å². The number of anilines is 2. The summed E-state index contributed by atoms with van der Waals surface area (Å²) in [7, 11) is 0. The molecule has 0 saturated heterocycles. The third-order valence-electron chi connectivity index (χ3n) is 4.44. The standard InChI is InChI=1S/C19H25ClN4O/c1-12(2)17(11-25)23-19-22-16(14-5-6-14)9-18(24-19)21-10-13-3-7-15(20)8-4-13/h3-4,7-9,12,14,17,25H,5-6,10-11H2,1-2H3,(H2,21,22,23,24)/t17-/m1/s1. The van der Waals surface area contributed by atoms with E-state index in [-0.39, 0.29) is 12.6 Å². The van der Waals surface area contributed by atoms with Gasteiger partial charge in [0.1, 0.15) is 5.82 Å². The second kappa shape index (κ2) is 8.02. The Morgan fingerprint density at radius 1 is 1.20 bits per heavy atom. The Balaban J connectivity index is 1.74. The van der Waals surface area contributed by atoms with Gasteiger partial charge < -0.3 is 15.7 Å². The summed E-state index contributed by atoms with van der Waals surface area (Å²) in [5.41, 5.74) is 2.21. The molecule has 1 aromatic carbocycles. The van der Waals surface area contributed by atoms with Crippen molar-refractivity contribution in [2.24, 2.45) is 5.92 Å². The second-order valence-electron chi connectivity index (χ2n) is 6.93. The Bertz CT molecular complexity index is 701. The fourth-order valence-electron chi connectivity index (χ4n) is 2.59. The Kier molecular flexibility index (Phi) is 5.76. The Morgan fingerprint density at radius 3 is 2.52 bits per heavy atom. The van der Waals surface area contributed by atoms with Crippen LogP contribution in [0.3, 0.4) is 0 Å². The Morgan fingerprint density at radius 2 is 1.92 bits per heavy atom. The minimum atomic E-state index is -0.0569. The van der Waals surface area contributed by atoms with E-state index in [0.717, 1.165) is 22.1 Å². The van der Waals surface area contributed by atoms with Gasteiger partial charge in [0.25, 0.3) is 0 Å². The van der Waals surface area contributed by atoms with E-state index in [2.05, 4.69) is 34.4 Å². The quantitative estimate of drug-likeness (QED) is 0.662. The first-order valence-electron chi connectivity index (χ1n) is 8.80. The average molecular weight is 361 g/mol. The number of nitrogens with zero attached hydrogens (tertiary/aromatic N) is 2. The molecular formula is C19H25ClN4O. The van der Waals surface area contributed by atoms with Crippen LogP contribution in [0.4, 0.5) is 11.8 Å². The highest BCUT2D eigenvalue weighted by Gasteiger charge is 2.26. The molecule has 1 fully saturated rings. The number of benzene rings is 1. The van der Waals surface area contributed by atoms with Gasteiger partial charge in [0.15, 0.2) is 0 Å². The van der Waals surface area contributed by atoms with Gasteiger partial charge in [0, 0.05) is 23.6 Å². The second-order valence-corrected chi connectivity index (χ2v) is 7.37. The topological polar surface area (TPSA) is 70.1 Å². The Labute approximate surface area is 153 Å². The van der Waals surface area contributed by atoms with Crippen LogP contribution in [0, 0.1) is 5.92 Å². The molecule has 3 N–H and O–H groups in total. The number of halogens is 1. The molecule has 3 rings (SSSR count). The van der Waals surface area contributed by atoms with E-state index in [0.29, 0.717) is 24.3 Å². The van der Waals surface area contributed by atoms with Crippen molar-refractivity contribution < 1.29 is 5.11 Å². The molecule has 134 valence electrons. The number of hydrogen-bond acceptors (Lipinski definition) is 5. The molecule has 0 radical (unpaired) electrons. The molecule has 1 aliphatic carbocycles. The zero-order valence-electron chi connectivity index (χ0n) is 14.7. The first-order chi connectivity index (χ1) is 12.0. The zero-order chi connectivity index (χ0) is 17.8. The van der Waals surface area contributed by atoms with E-state index in [4.69, 9.17) is 11.6 Å². The van der Waals surface area contributed by atoms with Gasteiger partial charge in [-0.15, -0.1) is 0 Å². The summed E-state index contributed by atoms with van der Waals surface area (Å²) in [5, 5.41) is 16.9. The maximum Gasteiger partial charge on any atom is 0.225 e. The summed E-state index contributed by atoms with van der Waals surface area (Å²) in [6.07, 6.45) is 2.36. The number of hydrogen-bond donors (Lipinski definition) is 3. The van der Waals surface area contributed by atoms with Crippen LogP contribution in [0.5, 0.6) is 0 Å². The van der Waals surface area contributed by atoms with Crippen molar-refractivity contribution in [3.05, 3.63) is 46.6 Å². The summed E-state index contributed by atoms with van der Waals surface area (Å²) in [4.78, 5) is 9.22. The third-order valence-corrected chi connectivity index (χ3v) is 4.70. The van der Waals surface area contributed by atoms with Crippen molar-refractivity contribution in [1.29, 1.82) is 0 Å². The minimum absolute atomic E-state index is 0.0569. The lowest BCUT2D eigenvalue weighted by Gasteiger charge is -2.20. The monoisotopic (exact) mass is 360 g/mol. The summed E-state index contributed by atoms with van der Waals surface area (Å²) >= 11 is 5.93. The van der Waals surface area contributed by atoms with E-state index >= 15 is 0 Å². The molecule has 5 nitrogen and oxygen atoms in total. The first-order valence-corrected chi connectivity index (χ1v) is 9.17.